The molecule has 0 spiro atoms. The first kappa shape index (κ1) is 20.3. The van der Waals surface area contributed by atoms with E-state index < -0.39 is 11.5 Å². The molecule has 6 nitrogen and oxygen atoms in total. The third-order valence-corrected chi connectivity index (χ3v) is 4.78. The molecule has 4 rings (SSSR count). The maximum Gasteiger partial charge on any atom is 0.265 e. The topological polar surface area (TPSA) is 73.2 Å². The summed E-state index contributed by atoms with van der Waals surface area (Å²) in [6.07, 6.45) is 1.58. The highest BCUT2D eigenvalue weighted by atomic mass is 19.1. The Morgan fingerprint density at radius 2 is 1.87 bits per heavy atom. The van der Waals surface area contributed by atoms with Gasteiger partial charge in [-0.05, 0) is 55.0 Å². The van der Waals surface area contributed by atoms with Crippen molar-refractivity contribution < 1.29 is 13.9 Å². The number of hydrogen-bond acceptors (Lipinski definition) is 4. The van der Waals surface area contributed by atoms with Crippen molar-refractivity contribution in [1.82, 2.24) is 9.55 Å². The van der Waals surface area contributed by atoms with Crippen LogP contribution in [0.3, 0.4) is 0 Å². The maximum atomic E-state index is 13.3. The molecule has 4 aromatic rings. The average Bonchev–Trinajstić information content (AvgIpc) is 2.78. The molecule has 0 saturated heterocycles. The van der Waals surface area contributed by atoms with E-state index >= 15 is 0 Å². The molecule has 2 aromatic carbocycles. The number of nitrogens with one attached hydrogen (secondary N) is 1. The fourth-order valence-electron chi connectivity index (χ4n) is 3.33. The smallest absolute Gasteiger partial charge is 0.265 e. The fourth-order valence-corrected chi connectivity index (χ4v) is 3.33. The van der Waals surface area contributed by atoms with Crippen molar-refractivity contribution in [1.29, 1.82) is 0 Å². The zero-order valence-corrected chi connectivity index (χ0v) is 16.8. The number of para-hydroxylation sites is 2. The molecule has 156 valence electrons. The maximum absolute atomic E-state index is 13.3. The van der Waals surface area contributed by atoms with Gasteiger partial charge in [-0.2, -0.15) is 0 Å². The number of pyridine rings is 2. The van der Waals surface area contributed by atoms with Crippen LogP contribution >= 0.6 is 0 Å². The summed E-state index contributed by atoms with van der Waals surface area (Å²) in [4.78, 5) is 30.6. The van der Waals surface area contributed by atoms with Crippen LogP contribution in [0, 0.1) is 5.82 Å². The molecular weight excluding hydrogens is 397 g/mol. The SMILES string of the molecule is CCOc1ccccc1NC(=O)c1cc2cccnc2n(Cc2ccc(F)cc2)c1=O. The summed E-state index contributed by atoms with van der Waals surface area (Å²) < 4.78 is 20.2. The normalized spacial score (nSPS) is 10.8. The number of halogens is 1. The number of fused-ring (bicyclic) bond motifs is 1. The molecule has 0 saturated carbocycles. The lowest BCUT2D eigenvalue weighted by atomic mass is 10.1. The van der Waals surface area contributed by atoms with Gasteiger partial charge in [-0.3, -0.25) is 14.2 Å². The van der Waals surface area contributed by atoms with Gasteiger partial charge in [0, 0.05) is 11.6 Å². The minimum absolute atomic E-state index is 0.0195. The highest BCUT2D eigenvalue weighted by molar-refractivity contribution is 6.06. The summed E-state index contributed by atoms with van der Waals surface area (Å²) in [6.45, 7) is 2.45. The van der Waals surface area contributed by atoms with Crippen LogP contribution in [-0.4, -0.2) is 22.1 Å². The molecule has 0 aliphatic carbocycles. The van der Waals surface area contributed by atoms with Crippen molar-refractivity contribution in [3.05, 3.63) is 100 Å². The number of ether oxygens (including phenoxy) is 1. The van der Waals surface area contributed by atoms with E-state index in [0.29, 0.717) is 29.1 Å². The Labute approximate surface area is 177 Å². The Morgan fingerprint density at radius 3 is 2.65 bits per heavy atom. The number of carbonyl (C=O) groups is 1. The van der Waals surface area contributed by atoms with Crippen LogP contribution in [-0.2, 0) is 6.54 Å². The summed E-state index contributed by atoms with van der Waals surface area (Å²) in [5.74, 6) is -0.386. The van der Waals surface area contributed by atoms with Crippen molar-refractivity contribution in [2.75, 3.05) is 11.9 Å². The van der Waals surface area contributed by atoms with Crippen LogP contribution in [0.15, 0.2) is 77.7 Å². The van der Waals surface area contributed by atoms with E-state index in [1.165, 1.54) is 22.8 Å². The predicted molar refractivity (Wildman–Crippen MR) is 117 cm³/mol. The Bertz CT molecular complexity index is 1300. The van der Waals surface area contributed by atoms with E-state index in [1.54, 1.807) is 54.7 Å². The summed E-state index contributed by atoms with van der Waals surface area (Å²) in [5, 5.41) is 3.41. The summed E-state index contributed by atoms with van der Waals surface area (Å²) >= 11 is 0. The molecule has 2 heterocycles. The van der Waals surface area contributed by atoms with Gasteiger partial charge in [-0.1, -0.05) is 24.3 Å². The molecule has 1 amide bonds. The molecule has 1 N–H and O–H groups in total. The first-order valence-electron chi connectivity index (χ1n) is 9.83. The molecule has 0 atom stereocenters. The molecule has 2 aromatic heterocycles. The largest absolute Gasteiger partial charge is 0.492 e. The van der Waals surface area contributed by atoms with Gasteiger partial charge >= 0.3 is 0 Å². The standard InChI is InChI=1S/C24H20FN3O3/c1-2-31-21-8-4-3-7-20(21)27-23(29)19-14-17-6-5-13-26-22(17)28(24(19)30)15-16-9-11-18(25)12-10-16/h3-14H,2,15H2,1H3,(H,27,29). The Morgan fingerprint density at radius 1 is 1.10 bits per heavy atom. The third-order valence-electron chi connectivity index (χ3n) is 4.78. The average molecular weight is 417 g/mol. The van der Waals surface area contributed by atoms with Gasteiger partial charge in [0.15, 0.2) is 0 Å². The van der Waals surface area contributed by atoms with E-state index in [0.717, 1.165) is 5.56 Å². The van der Waals surface area contributed by atoms with E-state index in [2.05, 4.69) is 10.3 Å². The molecule has 7 heteroatoms. The molecule has 0 unspecified atom stereocenters. The number of aromatic nitrogens is 2. The molecule has 0 bridgehead atoms. The molecule has 0 aliphatic rings. The number of rotatable bonds is 6. The van der Waals surface area contributed by atoms with Gasteiger partial charge in [-0.25, -0.2) is 9.37 Å². The first-order valence-corrected chi connectivity index (χ1v) is 9.83. The zero-order chi connectivity index (χ0) is 21.8. The summed E-state index contributed by atoms with van der Waals surface area (Å²) in [6, 6.07) is 17.9. The monoisotopic (exact) mass is 417 g/mol. The Kier molecular flexibility index (Phi) is 5.75. The second-order valence-corrected chi connectivity index (χ2v) is 6.88. The molecule has 0 radical (unpaired) electrons. The fraction of sp³-hybridized carbons (Fsp3) is 0.125. The number of benzene rings is 2. The van der Waals surface area contributed by atoms with E-state index in [9.17, 15) is 14.0 Å². The minimum Gasteiger partial charge on any atom is -0.492 e. The van der Waals surface area contributed by atoms with Crippen molar-refractivity contribution in [3.8, 4) is 5.75 Å². The lowest BCUT2D eigenvalue weighted by molar-refractivity contribution is 0.102. The van der Waals surface area contributed by atoms with Crippen LogP contribution < -0.4 is 15.6 Å². The number of anilines is 1. The number of hydrogen-bond donors (Lipinski definition) is 1. The number of amides is 1. The summed E-state index contributed by atoms with van der Waals surface area (Å²) in [7, 11) is 0. The van der Waals surface area contributed by atoms with Crippen LogP contribution in [0.4, 0.5) is 10.1 Å². The van der Waals surface area contributed by atoms with Gasteiger partial charge in [0.25, 0.3) is 11.5 Å². The van der Waals surface area contributed by atoms with Crippen LogP contribution in [0.2, 0.25) is 0 Å². The van der Waals surface area contributed by atoms with E-state index in [4.69, 9.17) is 4.74 Å². The van der Waals surface area contributed by atoms with E-state index in [-0.39, 0.29) is 17.9 Å². The third kappa shape index (κ3) is 4.30. The van der Waals surface area contributed by atoms with Crippen molar-refractivity contribution in [2.45, 2.75) is 13.5 Å². The van der Waals surface area contributed by atoms with Gasteiger partial charge in [0.05, 0.1) is 18.8 Å². The van der Waals surface area contributed by atoms with Crippen LogP contribution in [0.1, 0.15) is 22.8 Å². The lowest BCUT2D eigenvalue weighted by Gasteiger charge is -2.14. The van der Waals surface area contributed by atoms with Gasteiger partial charge in [0.1, 0.15) is 22.8 Å². The van der Waals surface area contributed by atoms with Crippen molar-refractivity contribution >= 4 is 22.6 Å². The van der Waals surface area contributed by atoms with Crippen LogP contribution in [0.25, 0.3) is 11.0 Å². The van der Waals surface area contributed by atoms with Gasteiger partial charge < -0.3 is 10.1 Å². The highest BCUT2D eigenvalue weighted by Crippen LogP contribution is 2.24. The Balaban J connectivity index is 1.76. The van der Waals surface area contributed by atoms with Gasteiger partial charge in [-0.15, -0.1) is 0 Å². The second-order valence-electron chi connectivity index (χ2n) is 6.88. The molecular formula is C24H20FN3O3. The number of carbonyl (C=O) groups excluding carboxylic acids is 1. The quantitative estimate of drug-likeness (QED) is 0.509. The first-order chi connectivity index (χ1) is 15.1. The highest BCUT2D eigenvalue weighted by Gasteiger charge is 2.18. The van der Waals surface area contributed by atoms with E-state index in [1.807, 2.05) is 6.92 Å². The zero-order valence-electron chi connectivity index (χ0n) is 16.8. The lowest BCUT2D eigenvalue weighted by Crippen LogP contribution is -2.30. The molecule has 31 heavy (non-hydrogen) atoms. The molecule has 0 aliphatic heterocycles. The number of nitrogens with zero attached hydrogens (tertiary/aromatic N) is 2. The minimum atomic E-state index is -0.546. The van der Waals surface area contributed by atoms with Crippen molar-refractivity contribution in [2.24, 2.45) is 0 Å². The van der Waals surface area contributed by atoms with Crippen molar-refractivity contribution in [3.63, 3.8) is 0 Å². The van der Waals surface area contributed by atoms with Gasteiger partial charge in [0.2, 0.25) is 0 Å². The predicted octanol–water partition coefficient (Wildman–Crippen LogP) is 4.23. The summed E-state index contributed by atoms with van der Waals surface area (Å²) in [5.41, 5.74) is 1.14. The second kappa shape index (κ2) is 8.79. The Hall–Kier alpha value is -4.00. The molecule has 0 fully saturated rings. The van der Waals surface area contributed by atoms with Crippen LogP contribution in [0.5, 0.6) is 5.75 Å².